The smallest absolute Gasteiger partial charge is 0.303 e. The molecule has 0 bridgehead atoms. The SMILES string of the molecule is CC(=O)OCC(=O)C1[C@H](C)CC2C3C[C@H](F)C4=CC(=O)CCC4(C)C3[C@@H](O)CC21C. The van der Waals surface area contributed by atoms with Gasteiger partial charge in [0.1, 0.15) is 12.8 Å². The maximum atomic E-state index is 15.4. The third-order valence-corrected chi connectivity index (χ3v) is 8.98. The second-order valence-electron chi connectivity index (χ2n) is 10.7. The molecule has 3 saturated carbocycles. The van der Waals surface area contributed by atoms with Gasteiger partial charge in [0.15, 0.2) is 11.6 Å². The second kappa shape index (κ2) is 7.25. The van der Waals surface area contributed by atoms with E-state index in [9.17, 15) is 19.5 Å². The molecule has 0 aromatic heterocycles. The van der Waals surface area contributed by atoms with Crippen molar-refractivity contribution < 1.29 is 28.6 Å². The molecule has 9 atom stereocenters. The molecule has 0 heterocycles. The van der Waals surface area contributed by atoms with Gasteiger partial charge in [-0.25, -0.2) is 4.39 Å². The normalized spacial score (nSPS) is 47.6. The van der Waals surface area contributed by atoms with Crippen LogP contribution in [0.25, 0.3) is 0 Å². The Labute approximate surface area is 177 Å². The van der Waals surface area contributed by atoms with E-state index in [1.54, 1.807) is 0 Å². The molecule has 0 aromatic rings. The van der Waals surface area contributed by atoms with E-state index in [0.717, 1.165) is 6.42 Å². The Morgan fingerprint density at radius 2 is 2.00 bits per heavy atom. The molecule has 0 saturated heterocycles. The maximum absolute atomic E-state index is 15.4. The summed E-state index contributed by atoms with van der Waals surface area (Å²) >= 11 is 0. The van der Waals surface area contributed by atoms with E-state index in [4.69, 9.17) is 4.74 Å². The highest BCUT2D eigenvalue weighted by Crippen LogP contribution is 2.68. The molecule has 6 heteroatoms. The van der Waals surface area contributed by atoms with Crippen LogP contribution in [-0.4, -0.2) is 41.5 Å². The molecule has 4 rings (SSSR count). The summed E-state index contributed by atoms with van der Waals surface area (Å²) in [6.07, 6.45) is 2.21. The molecule has 30 heavy (non-hydrogen) atoms. The number of hydrogen-bond acceptors (Lipinski definition) is 5. The van der Waals surface area contributed by atoms with E-state index in [1.807, 2.05) is 13.8 Å². The van der Waals surface area contributed by atoms with Crippen LogP contribution >= 0.6 is 0 Å². The number of allylic oxidation sites excluding steroid dienone is 1. The number of alkyl halides is 1. The fraction of sp³-hybridized carbons (Fsp3) is 0.792. The summed E-state index contributed by atoms with van der Waals surface area (Å²) in [5.41, 5.74) is -0.393. The molecule has 0 radical (unpaired) electrons. The van der Waals surface area contributed by atoms with Crippen LogP contribution in [0.15, 0.2) is 11.6 Å². The van der Waals surface area contributed by atoms with E-state index < -0.39 is 29.1 Å². The van der Waals surface area contributed by atoms with Crippen LogP contribution in [0, 0.1) is 40.4 Å². The lowest BCUT2D eigenvalue weighted by Gasteiger charge is -2.60. The molecule has 0 spiro atoms. The number of carbonyl (C=O) groups is 3. The fourth-order valence-corrected chi connectivity index (χ4v) is 8.01. The van der Waals surface area contributed by atoms with E-state index in [2.05, 4.69) is 6.92 Å². The Balaban J connectivity index is 1.68. The Bertz CT molecular complexity index is 805. The molecule has 4 aliphatic rings. The first-order chi connectivity index (χ1) is 14.0. The van der Waals surface area contributed by atoms with Crippen LogP contribution in [0.5, 0.6) is 0 Å². The standard InChI is InChI=1S/C24H33FO5/c1-12-7-16-15-9-18(25)17-8-14(27)5-6-23(17,3)22(15)19(28)10-24(16,4)21(12)20(29)11-30-13(2)26/h8,12,15-16,18-19,21-22,28H,5-7,9-11H2,1-4H3/t12-,15?,16?,18+,19+,21?,22?,23?,24?/m1/s1. The first-order valence-electron chi connectivity index (χ1n) is 11.2. The number of aliphatic hydroxyl groups excluding tert-OH is 1. The summed E-state index contributed by atoms with van der Waals surface area (Å²) < 4.78 is 20.3. The van der Waals surface area contributed by atoms with Gasteiger partial charge in [0, 0.05) is 19.3 Å². The number of Topliss-reactive ketones (excluding diaryl/α,β-unsaturated/α-hetero) is 1. The Hall–Kier alpha value is -1.56. The molecule has 166 valence electrons. The van der Waals surface area contributed by atoms with Crippen LogP contribution in [-0.2, 0) is 19.1 Å². The predicted molar refractivity (Wildman–Crippen MR) is 108 cm³/mol. The number of hydrogen-bond donors (Lipinski definition) is 1. The van der Waals surface area contributed by atoms with E-state index in [1.165, 1.54) is 13.0 Å². The maximum Gasteiger partial charge on any atom is 0.303 e. The van der Waals surface area contributed by atoms with Crippen molar-refractivity contribution >= 4 is 17.5 Å². The molecule has 0 amide bonds. The minimum absolute atomic E-state index is 0.0238. The molecule has 5 nitrogen and oxygen atoms in total. The van der Waals surface area contributed by atoms with Crippen LogP contribution < -0.4 is 0 Å². The first-order valence-corrected chi connectivity index (χ1v) is 11.2. The third-order valence-electron chi connectivity index (χ3n) is 8.98. The summed E-state index contributed by atoms with van der Waals surface area (Å²) in [6.45, 7) is 7.16. The van der Waals surface area contributed by atoms with Crippen molar-refractivity contribution in [3.8, 4) is 0 Å². The van der Waals surface area contributed by atoms with Gasteiger partial charge >= 0.3 is 5.97 Å². The minimum atomic E-state index is -1.18. The number of aliphatic hydroxyl groups is 1. The van der Waals surface area contributed by atoms with Crippen LogP contribution in [0.4, 0.5) is 4.39 Å². The van der Waals surface area contributed by atoms with E-state index >= 15 is 4.39 Å². The lowest BCUT2D eigenvalue weighted by atomic mass is 9.45. The van der Waals surface area contributed by atoms with Gasteiger partial charge < -0.3 is 9.84 Å². The van der Waals surface area contributed by atoms with Crippen LogP contribution in [0.2, 0.25) is 0 Å². The zero-order valence-corrected chi connectivity index (χ0v) is 18.3. The van der Waals surface area contributed by atoms with Gasteiger partial charge in [0.2, 0.25) is 0 Å². The summed E-state index contributed by atoms with van der Waals surface area (Å²) in [5, 5.41) is 11.3. The second-order valence-corrected chi connectivity index (χ2v) is 10.7. The average Bonchev–Trinajstić information content (AvgIpc) is 2.91. The molecule has 4 aliphatic carbocycles. The molecule has 3 fully saturated rings. The minimum Gasteiger partial charge on any atom is -0.458 e. The average molecular weight is 421 g/mol. The van der Waals surface area contributed by atoms with Gasteiger partial charge in [-0.1, -0.05) is 20.8 Å². The number of halogens is 1. The Kier molecular flexibility index (Phi) is 5.23. The lowest BCUT2D eigenvalue weighted by Crippen LogP contribution is -2.59. The molecule has 6 unspecified atom stereocenters. The van der Waals surface area contributed by atoms with Crippen molar-refractivity contribution in [2.24, 2.45) is 40.4 Å². The van der Waals surface area contributed by atoms with Crippen molar-refractivity contribution in [2.75, 3.05) is 6.61 Å². The van der Waals surface area contributed by atoms with Crippen molar-refractivity contribution in [1.82, 2.24) is 0 Å². The monoisotopic (exact) mass is 420 g/mol. The number of fused-ring (bicyclic) bond motifs is 5. The number of carbonyl (C=O) groups excluding carboxylic acids is 3. The molecular weight excluding hydrogens is 387 g/mol. The van der Waals surface area contributed by atoms with Crippen molar-refractivity contribution in [3.63, 3.8) is 0 Å². The topological polar surface area (TPSA) is 80.7 Å². The highest BCUT2D eigenvalue weighted by molar-refractivity contribution is 5.92. The molecule has 0 aliphatic heterocycles. The van der Waals surface area contributed by atoms with E-state index in [-0.39, 0.29) is 47.8 Å². The zero-order chi connectivity index (χ0) is 22.0. The Morgan fingerprint density at radius 3 is 2.67 bits per heavy atom. The summed E-state index contributed by atoms with van der Waals surface area (Å²) in [6, 6.07) is 0. The summed E-state index contributed by atoms with van der Waals surface area (Å²) in [5.74, 6) is -0.833. The highest BCUT2D eigenvalue weighted by atomic mass is 19.1. The highest BCUT2D eigenvalue weighted by Gasteiger charge is 2.65. The first kappa shape index (κ1) is 21.7. The predicted octanol–water partition coefficient (Wildman–Crippen LogP) is 3.43. The van der Waals surface area contributed by atoms with Gasteiger partial charge in [0.05, 0.1) is 6.10 Å². The summed E-state index contributed by atoms with van der Waals surface area (Å²) in [4.78, 5) is 36.2. The Morgan fingerprint density at radius 1 is 1.30 bits per heavy atom. The molecular formula is C24H33FO5. The van der Waals surface area contributed by atoms with Gasteiger partial charge in [-0.15, -0.1) is 0 Å². The zero-order valence-electron chi connectivity index (χ0n) is 18.3. The van der Waals surface area contributed by atoms with Crippen molar-refractivity contribution in [3.05, 3.63) is 11.6 Å². The third kappa shape index (κ3) is 3.09. The van der Waals surface area contributed by atoms with Gasteiger partial charge in [0.25, 0.3) is 0 Å². The molecule has 0 aromatic carbocycles. The van der Waals surface area contributed by atoms with Crippen molar-refractivity contribution in [1.29, 1.82) is 0 Å². The quantitative estimate of drug-likeness (QED) is 0.708. The largest absolute Gasteiger partial charge is 0.458 e. The number of esters is 1. The van der Waals surface area contributed by atoms with Crippen molar-refractivity contribution in [2.45, 2.75) is 72.1 Å². The number of ketones is 2. The summed E-state index contributed by atoms with van der Waals surface area (Å²) in [7, 11) is 0. The van der Waals surface area contributed by atoms with Gasteiger partial charge in [-0.3, -0.25) is 14.4 Å². The number of ether oxygens (including phenoxy) is 1. The number of rotatable bonds is 3. The van der Waals surface area contributed by atoms with Crippen LogP contribution in [0.1, 0.15) is 59.8 Å². The van der Waals surface area contributed by atoms with Gasteiger partial charge in [-0.2, -0.15) is 0 Å². The fourth-order valence-electron chi connectivity index (χ4n) is 8.01. The lowest BCUT2D eigenvalue weighted by molar-refractivity contribution is -0.156. The molecule has 1 N–H and O–H groups in total. The van der Waals surface area contributed by atoms with E-state index in [0.29, 0.717) is 31.3 Å². The van der Waals surface area contributed by atoms with Crippen LogP contribution in [0.3, 0.4) is 0 Å². The van der Waals surface area contributed by atoms with Gasteiger partial charge in [-0.05, 0) is 71.8 Å².